The third kappa shape index (κ3) is 2.79. The van der Waals surface area contributed by atoms with Gasteiger partial charge in [0.1, 0.15) is 17.4 Å². The van der Waals surface area contributed by atoms with Gasteiger partial charge >= 0.3 is 0 Å². The van der Waals surface area contributed by atoms with Gasteiger partial charge in [0.05, 0.1) is 6.54 Å². The molecular weight excluding hydrogens is 304 g/mol. The number of amides is 2. The number of furan rings is 1. The highest BCUT2D eigenvalue weighted by Gasteiger charge is 2.41. The summed E-state index contributed by atoms with van der Waals surface area (Å²) >= 11 is 0. The quantitative estimate of drug-likeness (QED) is 0.868. The first kappa shape index (κ1) is 15.2. The molecule has 5 nitrogen and oxygen atoms in total. The summed E-state index contributed by atoms with van der Waals surface area (Å²) in [5, 5.41) is 1.04. The summed E-state index contributed by atoms with van der Waals surface area (Å²) in [5.74, 6) is 1.12. The Morgan fingerprint density at radius 2 is 2.04 bits per heavy atom. The lowest BCUT2D eigenvalue weighted by molar-refractivity contribution is -0.144. The molecule has 1 aliphatic heterocycles. The van der Waals surface area contributed by atoms with Crippen molar-refractivity contribution in [3.63, 3.8) is 0 Å². The Kier molecular flexibility index (Phi) is 3.79. The monoisotopic (exact) mass is 326 g/mol. The maximum absolute atomic E-state index is 12.8. The summed E-state index contributed by atoms with van der Waals surface area (Å²) in [7, 11) is 1.79. The summed E-state index contributed by atoms with van der Waals surface area (Å²) in [6.07, 6.45) is 3.63. The molecule has 0 radical (unpaired) electrons. The largest absolute Gasteiger partial charge is 0.459 e. The second-order valence-corrected chi connectivity index (χ2v) is 6.91. The number of fused-ring (bicyclic) bond motifs is 1. The Labute approximate surface area is 141 Å². The van der Waals surface area contributed by atoms with Crippen LogP contribution in [0.2, 0.25) is 0 Å². The van der Waals surface area contributed by atoms with Gasteiger partial charge in [0.25, 0.3) is 0 Å². The average Bonchev–Trinajstić information content (AvgIpc) is 3.17. The molecule has 1 saturated carbocycles. The van der Waals surface area contributed by atoms with E-state index in [0.717, 1.165) is 42.4 Å². The highest BCUT2D eigenvalue weighted by Crippen LogP contribution is 2.34. The molecule has 1 aromatic carbocycles. The molecule has 2 aliphatic rings. The summed E-state index contributed by atoms with van der Waals surface area (Å²) in [5.41, 5.74) is 0.833. The van der Waals surface area contributed by atoms with Crippen molar-refractivity contribution < 1.29 is 14.0 Å². The third-order valence-corrected chi connectivity index (χ3v) is 4.99. The van der Waals surface area contributed by atoms with Crippen LogP contribution in [0.25, 0.3) is 11.0 Å². The van der Waals surface area contributed by atoms with Crippen LogP contribution in [0.15, 0.2) is 34.7 Å². The van der Waals surface area contributed by atoms with Gasteiger partial charge in [-0.3, -0.25) is 9.59 Å². The van der Waals surface area contributed by atoms with Crippen molar-refractivity contribution in [1.82, 2.24) is 9.80 Å². The number of para-hydroxylation sites is 1. The van der Waals surface area contributed by atoms with Gasteiger partial charge in [0.2, 0.25) is 11.8 Å². The Morgan fingerprint density at radius 1 is 1.25 bits per heavy atom. The number of nitrogens with zero attached hydrogens (tertiary/aromatic N) is 2. The fourth-order valence-corrected chi connectivity index (χ4v) is 3.53. The molecule has 24 heavy (non-hydrogen) atoms. The van der Waals surface area contributed by atoms with E-state index in [1.165, 1.54) is 0 Å². The van der Waals surface area contributed by atoms with E-state index in [4.69, 9.17) is 4.42 Å². The molecule has 5 heteroatoms. The van der Waals surface area contributed by atoms with Gasteiger partial charge < -0.3 is 14.2 Å². The lowest BCUT2D eigenvalue weighted by atomic mass is 10.2. The van der Waals surface area contributed by atoms with Crippen molar-refractivity contribution in [2.45, 2.75) is 38.3 Å². The van der Waals surface area contributed by atoms with Crippen LogP contribution >= 0.6 is 0 Å². The molecular formula is C19H22N2O3. The second kappa shape index (κ2) is 5.96. The maximum Gasteiger partial charge on any atom is 0.245 e. The highest BCUT2D eigenvalue weighted by atomic mass is 16.3. The zero-order valence-electron chi connectivity index (χ0n) is 13.9. The molecule has 0 unspecified atom stereocenters. The molecule has 1 aromatic heterocycles. The van der Waals surface area contributed by atoms with E-state index in [1.807, 2.05) is 30.3 Å². The molecule has 2 aromatic rings. The van der Waals surface area contributed by atoms with Crippen molar-refractivity contribution in [2.75, 3.05) is 13.6 Å². The van der Waals surface area contributed by atoms with Gasteiger partial charge in [0.15, 0.2) is 0 Å². The zero-order chi connectivity index (χ0) is 16.7. The Balaban J connectivity index is 1.45. The predicted molar refractivity (Wildman–Crippen MR) is 90.1 cm³/mol. The summed E-state index contributed by atoms with van der Waals surface area (Å²) in [6.45, 7) is 1.14. The number of likely N-dealkylation sites (N-methyl/N-ethyl adjacent to an activating group) is 1. The third-order valence-electron chi connectivity index (χ3n) is 4.99. The first-order valence-electron chi connectivity index (χ1n) is 8.66. The molecule has 2 heterocycles. The smallest absolute Gasteiger partial charge is 0.245 e. The highest BCUT2D eigenvalue weighted by molar-refractivity contribution is 5.90. The van der Waals surface area contributed by atoms with Crippen LogP contribution in [0, 0.1) is 5.92 Å². The number of hydrogen-bond donors (Lipinski definition) is 0. The standard InChI is InChI=1S/C19H22N2O3/c1-20(12-15-11-14-5-2-3-7-17(14)24-15)19(23)16-6-4-10-21(16)18(22)13-8-9-13/h2-3,5,7,11,13,16H,4,6,8-10,12H2,1H3/t16-/m0/s1. The average molecular weight is 326 g/mol. The molecule has 0 spiro atoms. The Bertz CT molecular complexity index is 745. The molecule has 2 fully saturated rings. The molecule has 1 saturated heterocycles. The summed E-state index contributed by atoms with van der Waals surface area (Å²) < 4.78 is 5.80. The first-order chi connectivity index (χ1) is 11.6. The van der Waals surface area contributed by atoms with Crippen LogP contribution in [-0.2, 0) is 16.1 Å². The molecule has 2 amide bonds. The van der Waals surface area contributed by atoms with Crippen molar-refractivity contribution in [3.05, 3.63) is 36.1 Å². The molecule has 1 atom stereocenters. The van der Waals surface area contributed by atoms with Crippen LogP contribution < -0.4 is 0 Å². The number of hydrogen-bond acceptors (Lipinski definition) is 3. The number of benzene rings is 1. The van der Waals surface area contributed by atoms with Gasteiger partial charge in [0, 0.05) is 24.9 Å². The van der Waals surface area contributed by atoms with Gasteiger partial charge in [-0.05, 0) is 37.8 Å². The second-order valence-electron chi connectivity index (χ2n) is 6.91. The van der Waals surface area contributed by atoms with E-state index in [-0.39, 0.29) is 23.8 Å². The van der Waals surface area contributed by atoms with Crippen LogP contribution in [0.5, 0.6) is 0 Å². The Hall–Kier alpha value is -2.30. The zero-order valence-corrected chi connectivity index (χ0v) is 13.9. The topological polar surface area (TPSA) is 53.8 Å². The predicted octanol–water partition coefficient (Wildman–Crippen LogP) is 2.79. The van der Waals surface area contributed by atoms with E-state index in [0.29, 0.717) is 13.1 Å². The van der Waals surface area contributed by atoms with E-state index in [1.54, 1.807) is 16.8 Å². The molecule has 4 rings (SSSR count). The van der Waals surface area contributed by atoms with Crippen molar-refractivity contribution in [3.8, 4) is 0 Å². The number of carbonyl (C=O) groups excluding carboxylic acids is 2. The van der Waals surface area contributed by atoms with E-state index < -0.39 is 0 Å². The lowest BCUT2D eigenvalue weighted by Crippen LogP contribution is -2.46. The van der Waals surface area contributed by atoms with Crippen LogP contribution in [-0.4, -0.2) is 41.2 Å². The van der Waals surface area contributed by atoms with E-state index in [2.05, 4.69) is 0 Å². The fraction of sp³-hybridized carbons (Fsp3) is 0.474. The Morgan fingerprint density at radius 3 is 2.79 bits per heavy atom. The number of likely N-dealkylation sites (tertiary alicyclic amines) is 1. The van der Waals surface area contributed by atoms with Crippen LogP contribution in [0.4, 0.5) is 0 Å². The molecule has 126 valence electrons. The summed E-state index contributed by atoms with van der Waals surface area (Å²) in [6, 6.07) is 9.50. The van der Waals surface area contributed by atoms with Crippen LogP contribution in [0.1, 0.15) is 31.4 Å². The van der Waals surface area contributed by atoms with Gasteiger partial charge in [-0.15, -0.1) is 0 Å². The normalized spacial score (nSPS) is 20.5. The van der Waals surface area contributed by atoms with Crippen molar-refractivity contribution in [1.29, 1.82) is 0 Å². The first-order valence-corrected chi connectivity index (χ1v) is 8.66. The minimum absolute atomic E-state index is 0.0157. The van der Waals surface area contributed by atoms with Crippen LogP contribution in [0.3, 0.4) is 0 Å². The van der Waals surface area contributed by atoms with Gasteiger partial charge in [-0.1, -0.05) is 18.2 Å². The van der Waals surface area contributed by atoms with Gasteiger partial charge in [-0.2, -0.15) is 0 Å². The lowest BCUT2D eigenvalue weighted by Gasteiger charge is -2.27. The minimum atomic E-state index is -0.299. The van der Waals surface area contributed by atoms with Gasteiger partial charge in [-0.25, -0.2) is 0 Å². The minimum Gasteiger partial charge on any atom is -0.459 e. The number of carbonyl (C=O) groups is 2. The molecule has 1 aliphatic carbocycles. The van der Waals surface area contributed by atoms with Crippen molar-refractivity contribution in [2.24, 2.45) is 5.92 Å². The number of rotatable bonds is 4. The summed E-state index contributed by atoms with van der Waals surface area (Å²) in [4.78, 5) is 28.7. The molecule has 0 N–H and O–H groups in total. The maximum atomic E-state index is 12.8. The fourth-order valence-electron chi connectivity index (χ4n) is 3.53. The van der Waals surface area contributed by atoms with E-state index >= 15 is 0 Å². The molecule has 0 bridgehead atoms. The van der Waals surface area contributed by atoms with Crippen molar-refractivity contribution >= 4 is 22.8 Å². The van der Waals surface area contributed by atoms with E-state index in [9.17, 15) is 9.59 Å². The SMILES string of the molecule is CN(Cc1cc2ccccc2o1)C(=O)[C@@H]1CCCN1C(=O)C1CC1.